The van der Waals surface area contributed by atoms with Gasteiger partial charge in [-0.05, 0) is 0 Å². The van der Waals surface area contributed by atoms with Crippen molar-refractivity contribution >= 4 is 35.5 Å². The Morgan fingerprint density at radius 1 is 1.60 bits per heavy atom. The van der Waals surface area contributed by atoms with Gasteiger partial charge in [-0.15, -0.1) is 0 Å². The van der Waals surface area contributed by atoms with Crippen LogP contribution >= 0.6 is 0 Å². The molecule has 0 aromatic carbocycles. The van der Waals surface area contributed by atoms with Gasteiger partial charge in [0.1, 0.15) is 0 Å². The molecular formula is CHNOSe2. The number of hydrogen-bond donors (Lipinski definition) is 1. The molecule has 0 spiro atoms. The van der Waals surface area contributed by atoms with Crippen LogP contribution in [0.2, 0.25) is 0 Å². The molecule has 0 saturated heterocycles. The first-order valence-electron chi connectivity index (χ1n) is 0.832. The van der Waals surface area contributed by atoms with Gasteiger partial charge in [0.2, 0.25) is 0 Å². The fourth-order valence-electron chi connectivity index (χ4n) is 0. The minimum absolute atomic E-state index is 0.435. The van der Waals surface area contributed by atoms with Gasteiger partial charge in [-0.25, -0.2) is 0 Å². The van der Waals surface area contributed by atoms with Crippen LogP contribution in [0.25, 0.3) is 0 Å². The first-order chi connectivity index (χ1) is 2.27. The summed E-state index contributed by atoms with van der Waals surface area (Å²) in [4.78, 5) is 0. The van der Waals surface area contributed by atoms with E-state index in [2.05, 4.69) is 37.2 Å². The molecule has 0 heterocycles. The Labute approximate surface area is 46.3 Å². The molecule has 0 atom stereocenters. The van der Waals surface area contributed by atoms with E-state index >= 15 is 0 Å². The second-order valence-corrected chi connectivity index (χ2v) is 3.30. The molecular weight excluding hydrogens is 200 g/mol. The van der Waals surface area contributed by atoms with Crippen molar-refractivity contribution in [2.75, 3.05) is 0 Å². The van der Waals surface area contributed by atoms with E-state index in [0.717, 1.165) is 0 Å². The summed E-state index contributed by atoms with van der Waals surface area (Å²) < 4.78 is 0.435. The average molecular weight is 201 g/mol. The summed E-state index contributed by atoms with van der Waals surface area (Å²) in [6, 6.07) is 0. The Kier molecular flexibility index (Phi) is 3.01. The van der Waals surface area contributed by atoms with Gasteiger partial charge in [0.05, 0.1) is 0 Å². The second kappa shape index (κ2) is 2.73. The zero-order valence-electron chi connectivity index (χ0n) is 2.21. The topological polar surface area (TPSA) is 32.6 Å². The fraction of sp³-hybridized carbons (Fsp3) is 0. The van der Waals surface area contributed by atoms with Gasteiger partial charge < -0.3 is 0 Å². The number of oxime groups is 1. The molecule has 0 unspecified atom stereocenters. The van der Waals surface area contributed by atoms with Crippen molar-refractivity contribution in [2.24, 2.45) is 5.16 Å². The summed E-state index contributed by atoms with van der Waals surface area (Å²) in [6.07, 6.45) is 0. The molecule has 0 aliphatic rings. The zero-order valence-corrected chi connectivity index (χ0v) is 5.64. The van der Waals surface area contributed by atoms with Crippen LogP contribution in [0.1, 0.15) is 0 Å². The third-order valence-corrected chi connectivity index (χ3v) is 0.424. The Bertz CT molecular complexity index is 47.6. The van der Waals surface area contributed by atoms with E-state index in [0.29, 0.717) is 3.51 Å². The van der Waals surface area contributed by atoms with Gasteiger partial charge >= 0.3 is 45.9 Å². The quantitative estimate of drug-likeness (QED) is 0.233. The molecule has 0 aromatic heterocycles. The molecule has 28 valence electrons. The van der Waals surface area contributed by atoms with Crippen molar-refractivity contribution in [3.05, 3.63) is 0 Å². The normalized spacial score (nSPS) is 6.40. The van der Waals surface area contributed by atoms with E-state index in [9.17, 15) is 0 Å². The molecule has 0 bridgehead atoms. The van der Waals surface area contributed by atoms with Gasteiger partial charge in [-0.2, -0.15) is 0 Å². The first kappa shape index (κ1) is 5.51. The van der Waals surface area contributed by atoms with Crippen LogP contribution in [0.4, 0.5) is 0 Å². The van der Waals surface area contributed by atoms with Crippen LogP contribution in [0.5, 0.6) is 0 Å². The van der Waals surface area contributed by atoms with Crippen LogP contribution in [0.3, 0.4) is 0 Å². The molecule has 0 rings (SSSR count). The fourth-order valence-corrected chi connectivity index (χ4v) is 0. The molecule has 1 N–H and O–H groups in total. The third-order valence-electron chi connectivity index (χ3n) is 0.0816. The minimum atomic E-state index is 0.435. The molecule has 0 aromatic rings. The van der Waals surface area contributed by atoms with Crippen LogP contribution < -0.4 is 0 Å². The molecule has 4 heteroatoms. The van der Waals surface area contributed by atoms with Crippen LogP contribution in [-0.2, 0) is 0 Å². The number of hydrogen-bond acceptors (Lipinski definition) is 2. The van der Waals surface area contributed by atoms with Crippen molar-refractivity contribution in [2.45, 2.75) is 0 Å². The standard InChI is InChI=1S/CHNOSe2/c3-2-1(4)5/h3H. The summed E-state index contributed by atoms with van der Waals surface area (Å²) in [5.74, 6) is 0. The van der Waals surface area contributed by atoms with E-state index < -0.39 is 0 Å². The molecule has 2 radical (unpaired) electrons. The monoisotopic (exact) mass is 203 g/mol. The SMILES string of the molecule is ON=C([Se])[Se]. The predicted octanol–water partition coefficient (Wildman–Crippen LogP) is -0.931. The van der Waals surface area contributed by atoms with Crippen molar-refractivity contribution in [1.29, 1.82) is 0 Å². The van der Waals surface area contributed by atoms with Crippen molar-refractivity contribution in [3.63, 3.8) is 0 Å². The Hall–Kier alpha value is 0.509. The molecule has 2 nitrogen and oxygen atoms in total. The number of rotatable bonds is 0. The maximum absolute atomic E-state index is 7.67. The van der Waals surface area contributed by atoms with Crippen LogP contribution in [0, 0.1) is 0 Å². The van der Waals surface area contributed by atoms with Crippen molar-refractivity contribution < 1.29 is 5.21 Å². The van der Waals surface area contributed by atoms with Gasteiger partial charge in [-0.3, -0.25) is 0 Å². The molecule has 0 aliphatic heterocycles. The number of nitrogens with zero attached hydrogens (tertiary/aromatic N) is 1. The van der Waals surface area contributed by atoms with E-state index in [-0.39, 0.29) is 0 Å². The van der Waals surface area contributed by atoms with Crippen molar-refractivity contribution in [1.82, 2.24) is 0 Å². The summed E-state index contributed by atoms with van der Waals surface area (Å²) in [5.41, 5.74) is 0. The van der Waals surface area contributed by atoms with E-state index in [1.807, 2.05) is 0 Å². The van der Waals surface area contributed by atoms with Crippen LogP contribution in [-0.4, -0.2) is 40.7 Å². The average Bonchev–Trinajstić information content (AvgIpc) is 1.38. The molecule has 5 heavy (non-hydrogen) atoms. The third kappa shape index (κ3) is 4.51. The summed E-state index contributed by atoms with van der Waals surface area (Å²) >= 11 is 4.87. The molecule has 0 aliphatic carbocycles. The Morgan fingerprint density at radius 2 is 1.80 bits per heavy atom. The molecule has 0 amide bonds. The van der Waals surface area contributed by atoms with Crippen LogP contribution in [0.15, 0.2) is 5.16 Å². The summed E-state index contributed by atoms with van der Waals surface area (Å²) in [7, 11) is 0. The summed E-state index contributed by atoms with van der Waals surface area (Å²) in [5, 5.41) is 10.4. The first-order valence-corrected chi connectivity index (χ1v) is 2.54. The maximum atomic E-state index is 7.67. The van der Waals surface area contributed by atoms with Gasteiger partial charge in [0.15, 0.2) is 0 Å². The Balaban J connectivity index is 3.14. The predicted molar refractivity (Wildman–Crippen MR) is 20.7 cm³/mol. The Morgan fingerprint density at radius 3 is 1.80 bits per heavy atom. The molecule has 0 saturated carbocycles. The van der Waals surface area contributed by atoms with Gasteiger partial charge in [-0.1, -0.05) is 0 Å². The van der Waals surface area contributed by atoms with E-state index in [1.54, 1.807) is 0 Å². The van der Waals surface area contributed by atoms with E-state index in [4.69, 9.17) is 5.21 Å². The van der Waals surface area contributed by atoms with E-state index in [1.165, 1.54) is 0 Å². The second-order valence-electron chi connectivity index (χ2n) is 0.366. The van der Waals surface area contributed by atoms with Gasteiger partial charge in [0.25, 0.3) is 0 Å². The van der Waals surface area contributed by atoms with Crippen molar-refractivity contribution in [3.8, 4) is 0 Å². The summed E-state index contributed by atoms with van der Waals surface area (Å²) in [6.45, 7) is 0. The van der Waals surface area contributed by atoms with Gasteiger partial charge in [0, 0.05) is 0 Å². The zero-order chi connectivity index (χ0) is 4.28. The molecule has 0 fully saturated rings.